The number of hydrogen-bond donors (Lipinski definition) is 1. The number of aromatic nitrogens is 4. The first-order valence-electron chi connectivity index (χ1n) is 11.3. The van der Waals surface area contributed by atoms with Crippen molar-refractivity contribution in [2.24, 2.45) is 0 Å². The number of nitrogens with one attached hydrogen (secondary N) is 1. The molecule has 0 spiro atoms. The summed E-state index contributed by atoms with van der Waals surface area (Å²) < 4.78 is 31.8. The molecule has 3 aromatic carbocycles. The van der Waals surface area contributed by atoms with Gasteiger partial charge >= 0.3 is 0 Å². The smallest absolute Gasteiger partial charge is 0.256 e. The maximum absolute atomic E-state index is 13.5. The number of fused-ring (bicyclic) bond motifs is 1. The highest BCUT2D eigenvalue weighted by Crippen LogP contribution is 2.53. The molecular weight excluding hydrogens is 478 g/mol. The molecule has 0 saturated carbocycles. The van der Waals surface area contributed by atoms with Crippen molar-refractivity contribution in [3.63, 3.8) is 0 Å². The zero-order valence-electron chi connectivity index (χ0n) is 19.4. The van der Waals surface area contributed by atoms with Crippen molar-refractivity contribution in [3.8, 4) is 0 Å². The van der Waals surface area contributed by atoms with Gasteiger partial charge in [-0.3, -0.25) is 4.40 Å². The van der Waals surface area contributed by atoms with Crippen LogP contribution in [0.15, 0.2) is 76.8 Å². The van der Waals surface area contributed by atoms with E-state index in [-0.39, 0.29) is 10.1 Å². The van der Waals surface area contributed by atoms with Gasteiger partial charge in [0.2, 0.25) is 10.0 Å². The van der Waals surface area contributed by atoms with E-state index in [9.17, 15) is 8.42 Å². The number of rotatable bonds is 5. The number of nitrogens with zero attached hydrogens (tertiary/aromatic N) is 4. The minimum absolute atomic E-state index is 0.232. The van der Waals surface area contributed by atoms with Crippen LogP contribution >= 0.6 is 11.8 Å². The zero-order chi connectivity index (χ0) is 24.3. The van der Waals surface area contributed by atoms with E-state index in [1.54, 1.807) is 12.1 Å². The molecule has 9 heteroatoms. The third-order valence-corrected chi connectivity index (χ3v) is 9.13. The van der Waals surface area contributed by atoms with Crippen LogP contribution in [0.5, 0.6) is 0 Å². The Kier molecular flexibility index (Phi) is 5.17. The van der Waals surface area contributed by atoms with Gasteiger partial charge in [-0.1, -0.05) is 65.9 Å². The fraction of sp³-hybridized carbons (Fsp3) is 0.192. The Hall–Kier alpha value is -3.27. The molecular formula is C26H23N5O2S2. The quantitative estimate of drug-likeness (QED) is 0.362. The Morgan fingerprint density at radius 3 is 2.37 bits per heavy atom. The van der Waals surface area contributed by atoms with Crippen LogP contribution in [0, 0.1) is 20.8 Å². The third kappa shape index (κ3) is 3.71. The van der Waals surface area contributed by atoms with Gasteiger partial charge in [-0.25, -0.2) is 18.1 Å². The predicted molar refractivity (Wildman–Crippen MR) is 137 cm³/mol. The summed E-state index contributed by atoms with van der Waals surface area (Å²) in [7, 11) is -3.76. The molecule has 6 rings (SSSR count). The number of thioether (sulfide) groups is 1. The fourth-order valence-electron chi connectivity index (χ4n) is 4.84. The molecule has 2 atom stereocenters. The minimum Gasteiger partial charge on any atom is -0.259 e. The molecule has 0 amide bonds. The first-order chi connectivity index (χ1) is 16.8. The van der Waals surface area contributed by atoms with E-state index in [4.69, 9.17) is 0 Å². The van der Waals surface area contributed by atoms with E-state index in [0.29, 0.717) is 10.9 Å². The summed E-state index contributed by atoms with van der Waals surface area (Å²) in [5.41, 5.74) is 4.90. The molecule has 2 aromatic heterocycles. The number of benzene rings is 3. The molecule has 1 aliphatic carbocycles. The van der Waals surface area contributed by atoms with E-state index in [1.165, 1.54) is 11.8 Å². The largest absolute Gasteiger partial charge is 0.259 e. The number of sulfonamides is 1. The van der Waals surface area contributed by atoms with Crippen LogP contribution in [-0.2, 0) is 10.0 Å². The van der Waals surface area contributed by atoms with Crippen LogP contribution < -0.4 is 4.72 Å². The second-order valence-corrected chi connectivity index (χ2v) is 11.7. The van der Waals surface area contributed by atoms with Crippen LogP contribution in [0.2, 0.25) is 0 Å². The molecule has 0 fully saturated rings. The normalized spacial score (nSPS) is 17.5. The number of aryl methyl sites for hydroxylation is 3. The Balaban J connectivity index is 1.47. The first-order valence-corrected chi connectivity index (χ1v) is 13.6. The van der Waals surface area contributed by atoms with Gasteiger partial charge in [-0.2, -0.15) is 0 Å². The van der Waals surface area contributed by atoms with Crippen molar-refractivity contribution in [2.75, 3.05) is 0 Å². The van der Waals surface area contributed by atoms with Gasteiger partial charge in [0, 0.05) is 11.4 Å². The lowest BCUT2D eigenvalue weighted by Crippen LogP contribution is -2.30. The van der Waals surface area contributed by atoms with Gasteiger partial charge in [0.25, 0.3) is 5.78 Å². The second-order valence-electron chi connectivity index (χ2n) is 8.90. The van der Waals surface area contributed by atoms with Crippen LogP contribution in [-0.4, -0.2) is 28.0 Å². The topological polar surface area (TPSA) is 89.2 Å². The van der Waals surface area contributed by atoms with Crippen molar-refractivity contribution < 1.29 is 8.42 Å². The summed E-state index contributed by atoms with van der Waals surface area (Å²) >= 11 is 1.51. The molecule has 7 nitrogen and oxygen atoms in total. The summed E-state index contributed by atoms with van der Waals surface area (Å²) in [4.78, 5) is 4.75. The molecule has 0 saturated heterocycles. The maximum atomic E-state index is 13.5. The Labute approximate surface area is 207 Å². The lowest BCUT2D eigenvalue weighted by atomic mass is 10.1. The van der Waals surface area contributed by atoms with Gasteiger partial charge in [0.15, 0.2) is 5.16 Å². The summed E-state index contributed by atoms with van der Waals surface area (Å²) in [6.45, 7) is 5.86. The van der Waals surface area contributed by atoms with Crippen LogP contribution in [0.25, 0.3) is 16.6 Å². The SMILES string of the molecule is Cc1ccc(S(=O)(=O)N[C@H]2c3cccc4cccc(c34)[C@@H]2Sc2nnc3nc(C)cc(C)n23)cc1. The highest BCUT2D eigenvalue weighted by atomic mass is 32.2. The summed E-state index contributed by atoms with van der Waals surface area (Å²) in [6.07, 6.45) is 0. The Morgan fingerprint density at radius 2 is 1.63 bits per heavy atom. The van der Waals surface area contributed by atoms with E-state index < -0.39 is 16.1 Å². The molecule has 5 aromatic rings. The molecule has 1 N–H and O–H groups in total. The van der Waals surface area contributed by atoms with Crippen LogP contribution in [0.3, 0.4) is 0 Å². The third-order valence-electron chi connectivity index (χ3n) is 6.42. The van der Waals surface area contributed by atoms with E-state index in [1.807, 2.05) is 61.6 Å². The van der Waals surface area contributed by atoms with E-state index in [2.05, 4.69) is 38.1 Å². The van der Waals surface area contributed by atoms with Gasteiger partial charge in [-0.05, 0) is 60.9 Å². The van der Waals surface area contributed by atoms with Crippen LogP contribution in [0.1, 0.15) is 39.4 Å². The Bertz CT molecular complexity index is 1710. The van der Waals surface area contributed by atoms with Crippen molar-refractivity contribution >= 4 is 38.3 Å². The lowest BCUT2D eigenvalue weighted by Gasteiger charge is -2.22. The zero-order valence-corrected chi connectivity index (χ0v) is 21.1. The van der Waals surface area contributed by atoms with Gasteiger partial charge in [0.05, 0.1) is 16.2 Å². The highest BCUT2D eigenvalue weighted by Gasteiger charge is 2.38. The molecule has 35 heavy (non-hydrogen) atoms. The monoisotopic (exact) mass is 501 g/mol. The molecule has 0 unspecified atom stereocenters. The standard InChI is InChI=1S/C26H23N5O2S2/c1-15-10-12-19(13-11-15)35(32,33)30-23-20-8-4-6-18-7-5-9-21(22(18)20)24(23)34-26-29-28-25-27-16(2)14-17(3)31(25)26/h4-14,23-24,30H,1-3H3/t23-,24-/m0/s1. The number of hydrogen-bond acceptors (Lipinski definition) is 6. The molecule has 1 aliphatic rings. The minimum atomic E-state index is -3.76. The van der Waals surface area contributed by atoms with Crippen molar-refractivity contribution in [3.05, 3.63) is 94.8 Å². The predicted octanol–water partition coefficient (Wildman–Crippen LogP) is 5.07. The summed E-state index contributed by atoms with van der Waals surface area (Å²) in [5.74, 6) is 0.538. The summed E-state index contributed by atoms with van der Waals surface area (Å²) in [5, 5.41) is 11.3. The van der Waals surface area contributed by atoms with Crippen molar-refractivity contribution in [2.45, 2.75) is 42.1 Å². The van der Waals surface area contributed by atoms with Gasteiger partial charge in [0.1, 0.15) is 0 Å². The molecule has 2 heterocycles. The second kappa shape index (κ2) is 8.15. The van der Waals surface area contributed by atoms with Crippen molar-refractivity contribution in [1.82, 2.24) is 24.3 Å². The highest BCUT2D eigenvalue weighted by molar-refractivity contribution is 7.99. The molecule has 176 valence electrons. The van der Waals surface area contributed by atoms with E-state index >= 15 is 0 Å². The van der Waals surface area contributed by atoms with Gasteiger partial charge in [-0.15, -0.1) is 10.2 Å². The molecule has 0 bridgehead atoms. The van der Waals surface area contributed by atoms with Gasteiger partial charge < -0.3 is 0 Å². The maximum Gasteiger partial charge on any atom is 0.256 e. The fourth-order valence-corrected chi connectivity index (χ4v) is 7.47. The Morgan fingerprint density at radius 1 is 0.914 bits per heavy atom. The average molecular weight is 502 g/mol. The molecule has 0 aliphatic heterocycles. The molecule has 0 radical (unpaired) electrons. The summed E-state index contributed by atoms with van der Waals surface area (Å²) in [6, 6.07) is 20.6. The van der Waals surface area contributed by atoms with Crippen molar-refractivity contribution in [1.29, 1.82) is 0 Å². The lowest BCUT2D eigenvalue weighted by molar-refractivity contribution is 0.557. The van der Waals surface area contributed by atoms with E-state index in [0.717, 1.165) is 38.9 Å². The first kappa shape index (κ1) is 22.2. The van der Waals surface area contributed by atoms with Crippen LogP contribution in [0.4, 0.5) is 0 Å². The average Bonchev–Trinajstić information content (AvgIpc) is 3.35.